The van der Waals surface area contributed by atoms with Crippen molar-refractivity contribution in [2.24, 2.45) is 0 Å². The molecule has 1 heterocycles. The number of rotatable bonds is 6. The van der Waals surface area contributed by atoms with Crippen LogP contribution >= 0.6 is 51.3 Å². The first kappa shape index (κ1) is 21.8. The summed E-state index contributed by atoms with van der Waals surface area (Å²) in [6, 6.07) is 11.5. The molecule has 3 rings (SSSR count). The average Bonchev–Trinajstić information content (AvgIpc) is 2.98. The third-order valence-corrected chi connectivity index (χ3v) is 5.02. The molecule has 152 valence electrons. The van der Waals surface area contributed by atoms with Gasteiger partial charge in [-0.15, -0.1) is 0 Å². The summed E-state index contributed by atoms with van der Waals surface area (Å²) in [5.41, 5.74) is 1.14. The summed E-state index contributed by atoms with van der Waals surface area (Å²) in [5, 5.41) is 11.4. The summed E-state index contributed by atoms with van der Waals surface area (Å²) in [5.74, 6) is 0.425. The molecule has 0 aliphatic rings. The maximum absolute atomic E-state index is 12.5. The Morgan fingerprint density at radius 2 is 1.97 bits per heavy atom. The minimum absolute atomic E-state index is 0.0198. The lowest BCUT2D eigenvalue weighted by molar-refractivity contribution is -0.0493. The van der Waals surface area contributed by atoms with E-state index in [4.69, 9.17) is 35.4 Å². The molecule has 0 saturated heterocycles. The minimum atomic E-state index is -2.94. The molecule has 0 radical (unpaired) electrons. The molecule has 5 nitrogen and oxygen atoms in total. The summed E-state index contributed by atoms with van der Waals surface area (Å²) in [6.45, 7) is -2.52. The van der Waals surface area contributed by atoms with Crippen LogP contribution in [0.2, 0.25) is 10.0 Å². The number of anilines is 2. The third-order valence-electron chi connectivity index (χ3n) is 3.65. The first-order chi connectivity index (χ1) is 13.8. The summed E-state index contributed by atoms with van der Waals surface area (Å²) >= 11 is 20.8. The molecule has 1 aromatic heterocycles. The van der Waals surface area contributed by atoms with Gasteiger partial charge in [0.25, 0.3) is 0 Å². The van der Waals surface area contributed by atoms with Crippen LogP contribution in [-0.4, -0.2) is 21.5 Å². The number of para-hydroxylation sites is 2. The van der Waals surface area contributed by atoms with E-state index < -0.39 is 6.61 Å². The van der Waals surface area contributed by atoms with Crippen LogP contribution in [0.1, 0.15) is 5.56 Å². The normalized spacial score (nSPS) is 10.8. The molecule has 0 aliphatic carbocycles. The summed E-state index contributed by atoms with van der Waals surface area (Å²) in [6.07, 6.45) is 1.75. The fourth-order valence-electron chi connectivity index (χ4n) is 2.42. The molecule has 0 saturated carbocycles. The Bertz CT molecular complexity index is 1030. The molecular formula is C18H13BrCl2F2N4OS. The summed E-state index contributed by atoms with van der Waals surface area (Å²) in [7, 11) is 0. The molecule has 0 bridgehead atoms. The van der Waals surface area contributed by atoms with Crippen LogP contribution < -0.4 is 15.4 Å². The first-order valence-corrected chi connectivity index (χ1v) is 10.1. The molecular weight excluding hydrogens is 509 g/mol. The number of aromatic nitrogens is 2. The Hall–Kier alpha value is -1.94. The van der Waals surface area contributed by atoms with Crippen molar-refractivity contribution in [1.82, 2.24) is 9.78 Å². The van der Waals surface area contributed by atoms with E-state index in [0.29, 0.717) is 32.6 Å². The van der Waals surface area contributed by atoms with Crippen LogP contribution in [0.25, 0.3) is 0 Å². The van der Waals surface area contributed by atoms with E-state index in [1.54, 1.807) is 41.2 Å². The Balaban J connectivity index is 1.69. The van der Waals surface area contributed by atoms with Gasteiger partial charge in [-0.05, 0) is 58.0 Å². The Labute approximate surface area is 189 Å². The molecule has 29 heavy (non-hydrogen) atoms. The van der Waals surface area contributed by atoms with Crippen LogP contribution in [0.4, 0.5) is 20.3 Å². The third kappa shape index (κ3) is 6.02. The number of thiocarbonyl (C=S) groups is 1. The SMILES string of the molecule is FC(F)Oc1ccccc1NC(=S)Nc1nn(Cc2ccc(Cl)cc2Cl)cc1Br. The first-order valence-electron chi connectivity index (χ1n) is 8.10. The number of alkyl halides is 2. The van der Waals surface area contributed by atoms with Crippen molar-refractivity contribution in [1.29, 1.82) is 0 Å². The zero-order valence-corrected chi connectivity index (χ0v) is 18.4. The molecule has 0 spiro atoms. The highest BCUT2D eigenvalue weighted by atomic mass is 79.9. The Kier molecular flexibility index (Phi) is 7.28. The summed E-state index contributed by atoms with van der Waals surface area (Å²) < 4.78 is 31.9. The van der Waals surface area contributed by atoms with Gasteiger partial charge in [0.1, 0.15) is 5.75 Å². The second-order valence-electron chi connectivity index (χ2n) is 5.71. The van der Waals surface area contributed by atoms with Crippen molar-refractivity contribution in [2.75, 3.05) is 10.6 Å². The van der Waals surface area contributed by atoms with E-state index in [2.05, 4.69) is 36.4 Å². The van der Waals surface area contributed by atoms with Gasteiger partial charge in [0.05, 0.1) is 16.7 Å². The lowest BCUT2D eigenvalue weighted by Crippen LogP contribution is -2.20. The Morgan fingerprint density at radius 3 is 2.69 bits per heavy atom. The van der Waals surface area contributed by atoms with Gasteiger partial charge in [-0.25, -0.2) is 0 Å². The standard InChI is InChI=1S/C18H13BrCl2F2N4OS/c19-12-9-27(8-10-5-6-11(20)7-13(10)21)26-16(12)25-18(29)24-14-3-1-2-4-15(14)28-17(22)23/h1-7,9,17H,8H2,(H2,24,25,26,29). The molecule has 2 N–H and O–H groups in total. The molecule has 0 fully saturated rings. The van der Waals surface area contributed by atoms with Gasteiger partial charge in [0.2, 0.25) is 0 Å². The number of hydrogen-bond donors (Lipinski definition) is 2. The highest BCUT2D eigenvalue weighted by Gasteiger charge is 2.13. The van der Waals surface area contributed by atoms with E-state index in [1.165, 1.54) is 6.07 Å². The lowest BCUT2D eigenvalue weighted by Gasteiger charge is -2.13. The zero-order valence-electron chi connectivity index (χ0n) is 14.5. The van der Waals surface area contributed by atoms with Gasteiger partial charge in [-0.1, -0.05) is 41.4 Å². The molecule has 0 unspecified atom stereocenters. The maximum atomic E-state index is 12.5. The van der Waals surface area contributed by atoms with Crippen molar-refractivity contribution in [3.05, 3.63) is 68.7 Å². The predicted octanol–water partition coefficient (Wildman–Crippen LogP) is 6.41. The molecule has 0 amide bonds. The van der Waals surface area contributed by atoms with Gasteiger partial charge in [0.15, 0.2) is 10.9 Å². The van der Waals surface area contributed by atoms with Gasteiger partial charge in [-0.2, -0.15) is 13.9 Å². The largest absolute Gasteiger partial charge is 0.433 e. The van der Waals surface area contributed by atoms with Gasteiger partial charge >= 0.3 is 6.61 Å². The second kappa shape index (κ2) is 9.71. The second-order valence-corrected chi connectivity index (χ2v) is 7.82. The molecule has 3 aromatic rings. The van der Waals surface area contributed by atoms with Gasteiger partial charge in [0, 0.05) is 16.2 Å². The van der Waals surface area contributed by atoms with E-state index in [1.807, 2.05) is 6.07 Å². The Morgan fingerprint density at radius 1 is 1.21 bits per heavy atom. The van der Waals surface area contributed by atoms with Gasteiger partial charge < -0.3 is 15.4 Å². The highest BCUT2D eigenvalue weighted by Crippen LogP contribution is 2.27. The quantitative estimate of drug-likeness (QED) is 0.367. The molecule has 11 heteroatoms. The number of hydrogen-bond acceptors (Lipinski definition) is 3. The van der Waals surface area contributed by atoms with Crippen molar-refractivity contribution < 1.29 is 13.5 Å². The molecule has 2 aromatic carbocycles. The predicted molar refractivity (Wildman–Crippen MR) is 118 cm³/mol. The molecule has 0 aliphatic heterocycles. The maximum Gasteiger partial charge on any atom is 0.387 e. The minimum Gasteiger partial charge on any atom is -0.433 e. The fourth-order valence-corrected chi connectivity index (χ4v) is 3.51. The average molecular weight is 522 g/mol. The number of ether oxygens (including phenoxy) is 1. The monoisotopic (exact) mass is 520 g/mol. The van der Waals surface area contributed by atoms with E-state index in [9.17, 15) is 8.78 Å². The van der Waals surface area contributed by atoms with E-state index >= 15 is 0 Å². The van der Waals surface area contributed by atoms with Crippen LogP contribution in [0, 0.1) is 0 Å². The van der Waals surface area contributed by atoms with Crippen molar-refractivity contribution in [3.8, 4) is 5.75 Å². The topological polar surface area (TPSA) is 51.1 Å². The molecule has 0 atom stereocenters. The summed E-state index contributed by atoms with van der Waals surface area (Å²) in [4.78, 5) is 0. The smallest absolute Gasteiger partial charge is 0.387 e. The number of nitrogens with one attached hydrogen (secondary N) is 2. The number of halogens is 5. The van der Waals surface area contributed by atoms with E-state index in [0.717, 1.165) is 5.56 Å². The fraction of sp³-hybridized carbons (Fsp3) is 0.111. The lowest BCUT2D eigenvalue weighted by atomic mass is 10.2. The van der Waals surface area contributed by atoms with Crippen molar-refractivity contribution >= 4 is 68.0 Å². The van der Waals surface area contributed by atoms with Crippen LogP contribution in [0.3, 0.4) is 0 Å². The highest BCUT2D eigenvalue weighted by molar-refractivity contribution is 9.10. The zero-order chi connectivity index (χ0) is 21.0. The van der Waals surface area contributed by atoms with Crippen LogP contribution in [-0.2, 0) is 6.54 Å². The van der Waals surface area contributed by atoms with Gasteiger partial charge in [-0.3, -0.25) is 4.68 Å². The van der Waals surface area contributed by atoms with Crippen LogP contribution in [0.15, 0.2) is 53.1 Å². The van der Waals surface area contributed by atoms with Crippen molar-refractivity contribution in [2.45, 2.75) is 13.2 Å². The van der Waals surface area contributed by atoms with Crippen LogP contribution in [0.5, 0.6) is 5.75 Å². The van der Waals surface area contributed by atoms with Crippen molar-refractivity contribution in [3.63, 3.8) is 0 Å². The number of nitrogens with zero attached hydrogens (tertiary/aromatic N) is 2. The van der Waals surface area contributed by atoms with E-state index in [-0.39, 0.29) is 10.9 Å². The number of benzene rings is 2.